The number of benzene rings is 1. The highest BCUT2D eigenvalue weighted by Crippen LogP contribution is 2.10. The number of methoxy groups -OCH3 is 1. The van der Waals surface area contributed by atoms with E-state index in [4.69, 9.17) is 4.74 Å². The van der Waals surface area contributed by atoms with E-state index in [9.17, 15) is 14.4 Å². The molecule has 0 saturated carbocycles. The third kappa shape index (κ3) is 5.26. The number of ether oxygens (including phenoxy) is 2. The monoisotopic (exact) mass is 334 g/mol. The van der Waals surface area contributed by atoms with Gasteiger partial charge < -0.3 is 19.3 Å². The lowest BCUT2D eigenvalue weighted by Gasteiger charge is -2.34. The maximum atomic E-state index is 12.1. The van der Waals surface area contributed by atoms with Crippen molar-refractivity contribution < 1.29 is 23.9 Å². The highest BCUT2D eigenvalue weighted by Gasteiger charge is 2.24. The Kier molecular flexibility index (Phi) is 6.60. The SMILES string of the molecule is COC(=O)CCC(=O)N1CCN(C(=O)COc2ccccc2)CC1. The van der Waals surface area contributed by atoms with Gasteiger partial charge in [-0.2, -0.15) is 0 Å². The van der Waals surface area contributed by atoms with Gasteiger partial charge in [0, 0.05) is 32.6 Å². The molecular formula is C17H22N2O5. The van der Waals surface area contributed by atoms with E-state index in [1.165, 1.54) is 7.11 Å². The smallest absolute Gasteiger partial charge is 0.306 e. The second-order valence-corrected chi connectivity index (χ2v) is 5.44. The average Bonchev–Trinajstić information content (AvgIpc) is 2.64. The van der Waals surface area contributed by atoms with E-state index >= 15 is 0 Å². The number of amides is 2. The molecule has 2 rings (SSSR count). The molecule has 0 atom stereocenters. The number of piperazine rings is 1. The van der Waals surface area contributed by atoms with E-state index in [-0.39, 0.29) is 31.3 Å². The number of hydrogen-bond donors (Lipinski definition) is 0. The van der Waals surface area contributed by atoms with Gasteiger partial charge in [-0.15, -0.1) is 0 Å². The fourth-order valence-corrected chi connectivity index (χ4v) is 2.43. The molecule has 1 fully saturated rings. The van der Waals surface area contributed by atoms with Crippen LogP contribution < -0.4 is 4.74 Å². The zero-order chi connectivity index (χ0) is 17.4. The summed E-state index contributed by atoms with van der Waals surface area (Å²) >= 11 is 0. The van der Waals surface area contributed by atoms with Crippen LogP contribution in [0.4, 0.5) is 0 Å². The molecule has 0 aromatic heterocycles. The van der Waals surface area contributed by atoms with Crippen LogP contribution >= 0.6 is 0 Å². The Morgan fingerprint density at radius 2 is 1.50 bits per heavy atom. The first-order chi connectivity index (χ1) is 11.6. The molecule has 7 heteroatoms. The predicted molar refractivity (Wildman–Crippen MR) is 86.3 cm³/mol. The van der Waals surface area contributed by atoms with E-state index in [0.717, 1.165) is 0 Å². The third-order valence-electron chi connectivity index (χ3n) is 3.86. The van der Waals surface area contributed by atoms with Crippen LogP contribution in [0.3, 0.4) is 0 Å². The molecule has 0 aliphatic carbocycles. The maximum Gasteiger partial charge on any atom is 0.306 e. The predicted octanol–water partition coefficient (Wildman–Crippen LogP) is 0.689. The quantitative estimate of drug-likeness (QED) is 0.716. The second kappa shape index (κ2) is 8.90. The van der Waals surface area contributed by atoms with Gasteiger partial charge in [-0.25, -0.2) is 0 Å². The minimum absolute atomic E-state index is 0.0136. The Morgan fingerprint density at radius 3 is 2.08 bits per heavy atom. The van der Waals surface area contributed by atoms with Gasteiger partial charge in [-0.1, -0.05) is 18.2 Å². The van der Waals surface area contributed by atoms with Gasteiger partial charge in [-0.3, -0.25) is 14.4 Å². The van der Waals surface area contributed by atoms with Crippen LogP contribution in [0, 0.1) is 0 Å². The summed E-state index contributed by atoms with van der Waals surface area (Å²) < 4.78 is 9.97. The fraction of sp³-hybridized carbons (Fsp3) is 0.471. The molecule has 1 saturated heterocycles. The van der Waals surface area contributed by atoms with Gasteiger partial charge in [0.2, 0.25) is 5.91 Å². The molecule has 1 aliphatic heterocycles. The molecule has 7 nitrogen and oxygen atoms in total. The van der Waals surface area contributed by atoms with Gasteiger partial charge in [0.15, 0.2) is 6.61 Å². The van der Waals surface area contributed by atoms with Gasteiger partial charge in [-0.05, 0) is 12.1 Å². The van der Waals surface area contributed by atoms with Crippen LogP contribution in [0.1, 0.15) is 12.8 Å². The van der Waals surface area contributed by atoms with Gasteiger partial charge in [0.25, 0.3) is 5.91 Å². The standard InChI is InChI=1S/C17H22N2O5/c1-23-17(22)8-7-15(20)18-9-11-19(12-10-18)16(21)13-24-14-5-3-2-4-6-14/h2-6H,7-13H2,1H3. The Morgan fingerprint density at radius 1 is 0.917 bits per heavy atom. The van der Waals surface area contributed by atoms with Gasteiger partial charge in [0.1, 0.15) is 5.75 Å². The molecule has 0 unspecified atom stereocenters. The molecule has 0 bridgehead atoms. The van der Waals surface area contributed by atoms with Crippen LogP contribution in [-0.4, -0.2) is 67.5 Å². The Labute approximate surface area is 141 Å². The summed E-state index contributed by atoms with van der Waals surface area (Å²) in [6, 6.07) is 9.17. The van der Waals surface area contributed by atoms with Crippen molar-refractivity contribution in [3.8, 4) is 5.75 Å². The Hall–Kier alpha value is -2.57. The van der Waals surface area contributed by atoms with Crippen LogP contribution in [0.25, 0.3) is 0 Å². The van der Waals surface area contributed by atoms with E-state index in [1.807, 2.05) is 18.2 Å². The summed E-state index contributed by atoms with van der Waals surface area (Å²) in [4.78, 5) is 38.6. The second-order valence-electron chi connectivity index (χ2n) is 5.44. The zero-order valence-electron chi connectivity index (χ0n) is 13.8. The molecule has 1 aromatic rings. The fourth-order valence-electron chi connectivity index (χ4n) is 2.43. The summed E-state index contributed by atoms with van der Waals surface area (Å²) in [6.45, 7) is 1.87. The van der Waals surface area contributed by atoms with E-state index in [2.05, 4.69) is 4.74 Å². The first-order valence-corrected chi connectivity index (χ1v) is 7.90. The first-order valence-electron chi connectivity index (χ1n) is 7.90. The van der Waals surface area contributed by atoms with Crippen molar-refractivity contribution in [3.63, 3.8) is 0 Å². The van der Waals surface area contributed by atoms with Crippen molar-refractivity contribution >= 4 is 17.8 Å². The number of esters is 1. The van der Waals surface area contributed by atoms with Crippen LogP contribution in [0.2, 0.25) is 0 Å². The summed E-state index contributed by atoms with van der Waals surface area (Å²) in [5.41, 5.74) is 0. The lowest BCUT2D eigenvalue weighted by atomic mass is 10.2. The van der Waals surface area contributed by atoms with Crippen molar-refractivity contribution in [1.82, 2.24) is 9.80 Å². The molecule has 0 radical (unpaired) electrons. The normalized spacial score (nSPS) is 14.2. The largest absolute Gasteiger partial charge is 0.484 e. The number of rotatable bonds is 6. The van der Waals surface area contributed by atoms with Gasteiger partial charge >= 0.3 is 5.97 Å². The molecule has 1 aromatic carbocycles. The maximum absolute atomic E-state index is 12.1. The van der Waals surface area contributed by atoms with Crippen LogP contribution in [-0.2, 0) is 19.1 Å². The minimum atomic E-state index is -0.393. The van der Waals surface area contributed by atoms with Crippen molar-refractivity contribution in [2.24, 2.45) is 0 Å². The molecular weight excluding hydrogens is 312 g/mol. The highest BCUT2D eigenvalue weighted by atomic mass is 16.5. The molecule has 0 spiro atoms. The number of hydrogen-bond acceptors (Lipinski definition) is 5. The molecule has 1 aliphatic rings. The molecule has 130 valence electrons. The lowest BCUT2D eigenvalue weighted by molar-refractivity contribution is -0.145. The Balaban J connectivity index is 1.70. The average molecular weight is 334 g/mol. The highest BCUT2D eigenvalue weighted by molar-refractivity contribution is 5.82. The van der Waals surface area contributed by atoms with Crippen molar-refractivity contribution in [2.45, 2.75) is 12.8 Å². The van der Waals surface area contributed by atoms with E-state index in [1.54, 1.807) is 21.9 Å². The van der Waals surface area contributed by atoms with Crippen LogP contribution in [0.15, 0.2) is 30.3 Å². The van der Waals surface area contributed by atoms with Crippen LogP contribution in [0.5, 0.6) is 5.75 Å². The lowest BCUT2D eigenvalue weighted by Crippen LogP contribution is -2.51. The Bertz CT molecular complexity index is 568. The number of carbonyl (C=O) groups excluding carboxylic acids is 3. The molecule has 0 N–H and O–H groups in total. The topological polar surface area (TPSA) is 76.2 Å². The van der Waals surface area contributed by atoms with Crippen molar-refractivity contribution in [3.05, 3.63) is 30.3 Å². The number of nitrogens with zero attached hydrogens (tertiary/aromatic N) is 2. The van der Waals surface area contributed by atoms with Crippen molar-refractivity contribution in [1.29, 1.82) is 0 Å². The summed E-state index contributed by atoms with van der Waals surface area (Å²) in [5.74, 6) is 0.0752. The van der Waals surface area contributed by atoms with E-state index in [0.29, 0.717) is 31.9 Å². The van der Waals surface area contributed by atoms with E-state index < -0.39 is 5.97 Å². The van der Waals surface area contributed by atoms with Gasteiger partial charge in [0.05, 0.1) is 13.5 Å². The summed E-state index contributed by atoms with van der Waals surface area (Å²) in [5, 5.41) is 0. The summed E-state index contributed by atoms with van der Waals surface area (Å²) in [7, 11) is 1.30. The molecule has 24 heavy (non-hydrogen) atoms. The molecule has 1 heterocycles. The number of carbonyl (C=O) groups is 3. The summed E-state index contributed by atoms with van der Waals surface area (Å²) in [6.07, 6.45) is 0.219. The third-order valence-corrected chi connectivity index (χ3v) is 3.86. The zero-order valence-corrected chi connectivity index (χ0v) is 13.8. The minimum Gasteiger partial charge on any atom is -0.484 e. The first kappa shape index (κ1) is 17.8. The van der Waals surface area contributed by atoms with Crippen molar-refractivity contribution in [2.75, 3.05) is 39.9 Å². The number of para-hydroxylation sites is 1. The molecule has 2 amide bonds.